The van der Waals surface area contributed by atoms with E-state index in [2.05, 4.69) is 23.7 Å². The number of carbonyl (C=O) groups is 1. The summed E-state index contributed by atoms with van der Waals surface area (Å²) in [7, 11) is 1.79. The summed E-state index contributed by atoms with van der Waals surface area (Å²) < 4.78 is 2.01. The number of rotatable bonds is 9. The Morgan fingerprint density at radius 1 is 1.42 bits per heavy atom. The first-order chi connectivity index (χ1) is 11.6. The summed E-state index contributed by atoms with van der Waals surface area (Å²) in [6.45, 7) is 5.14. The Kier molecular flexibility index (Phi) is 6.75. The van der Waals surface area contributed by atoms with E-state index in [1.165, 1.54) is 5.56 Å². The van der Waals surface area contributed by atoms with Crippen LogP contribution in [0.15, 0.2) is 55.5 Å². The molecule has 0 saturated carbocycles. The maximum Gasteiger partial charge on any atom is 0.239 e. The molecular weight excluding hydrogens is 300 g/mol. The number of nitrogens with zero attached hydrogens (tertiary/aromatic N) is 3. The molecule has 2 N–H and O–H groups in total. The highest BCUT2D eigenvalue weighted by molar-refractivity contribution is 5.81. The largest absolute Gasteiger partial charge is 0.344 e. The SMILES string of the molecule is C=CCCCN(C)C(=O)[C@@H](N)Cc1cn(Cc2ccccc2)cn1. The van der Waals surface area contributed by atoms with Gasteiger partial charge in [-0.3, -0.25) is 4.79 Å². The molecular formula is C19H26N4O. The van der Waals surface area contributed by atoms with Crippen LogP contribution in [0.1, 0.15) is 24.1 Å². The van der Waals surface area contributed by atoms with E-state index in [-0.39, 0.29) is 5.91 Å². The summed E-state index contributed by atoms with van der Waals surface area (Å²) in [5, 5.41) is 0. The standard InChI is InChI=1S/C19H26N4O/c1-3-4-8-11-22(2)19(24)18(20)12-17-14-23(15-21-17)13-16-9-6-5-7-10-16/h3,5-7,9-10,14-15,18H,1,4,8,11-13,20H2,2H3/t18-/m0/s1. The van der Waals surface area contributed by atoms with E-state index in [0.717, 1.165) is 25.1 Å². The second-order valence-corrected chi connectivity index (χ2v) is 6.02. The monoisotopic (exact) mass is 326 g/mol. The fourth-order valence-corrected chi connectivity index (χ4v) is 2.57. The molecule has 0 spiro atoms. The highest BCUT2D eigenvalue weighted by Crippen LogP contribution is 2.06. The van der Waals surface area contributed by atoms with Gasteiger partial charge in [-0.1, -0.05) is 36.4 Å². The highest BCUT2D eigenvalue weighted by atomic mass is 16.2. The van der Waals surface area contributed by atoms with Gasteiger partial charge in [0.25, 0.3) is 0 Å². The van der Waals surface area contributed by atoms with E-state index in [1.54, 1.807) is 18.3 Å². The van der Waals surface area contributed by atoms with Gasteiger partial charge in [-0.15, -0.1) is 6.58 Å². The first-order valence-electron chi connectivity index (χ1n) is 8.26. The first-order valence-corrected chi connectivity index (χ1v) is 8.26. The summed E-state index contributed by atoms with van der Waals surface area (Å²) in [5.41, 5.74) is 8.11. The van der Waals surface area contributed by atoms with E-state index in [9.17, 15) is 4.79 Å². The molecule has 0 aliphatic carbocycles. The molecule has 1 heterocycles. The highest BCUT2D eigenvalue weighted by Gasteiger charge is 2.19. The lowest BCUT2D eigenvalue weighted by atomic mass is 10.1. The van der Waals surface area contributed by atoms with Crippen LogP contribution in [0.3, 0.4) is 0 Å². The molecule has 2 aromatic rings. The van der Waals surface area contributed by atoms with Gasteiger partial charge in [0.15, 0.2) is 0 Å². The molecule has 24 heavy (non-hydrogen) atoms. The molecule has 0 radical (unpaired) electrons. The van der Waals surface area contributed by atoms with Gasteiger partial charge in [0.1, 0.15) is 0 Å². The molecule has 0 aliphatic rings. The summed E-state index contributed by atoms with van der Waals surface area (Å²) in [6.07, 6.45) is 7.86. The van der Waals surface area contributed by atoms with Gasteiger partial charge in [-0.2, -0.15) is 0 Å². The summed E-state index contributed by atoms with van der Waals surface area (Å²) in [6, 6.07) is 9.63. The number of aromatic nitrogens is 2. The third kappa shape index (κ3) is 5.35. The maximum absolute atomic E-state index is 12.3. The van der Waals surface area contributed by atoms with Crippen LogP contribution < -0.4 is 5.73 Å². The predicted octanol–water partition coefficient (Wildman–Crippen LogP) is 2.23. The van der Waals surface area contributed by atoms with Crippen molar-refractivity contribution in [1.82, 2.24) is 14.5 Å². The molecule has 0 unspecified atom stereocenters. The molecule has 5 heteroatoms. The molecule has 128 valence electrons. The van der Waals surface area contributed by atoms with Gasteiger partial charge < -0.3 is 15.2 Å². The molecule has 1 aromatic carbocycles. The maximum atomic E-state index is 12.3. The van der Waals surface area contributed by atoms with Crippen molar-refractivity contribution >= 4 is 5.91 Å². The van der Waals surface area contributed by atoms with Crippen LogP contribution in [0.25, 0.3) is 0 Å². The van der Waals surface area contributed by atoms with Gasteiger partial charge >= 0.3 is 0 Å². The third-order valence-corrected chi connectivity index (χ3v) is 3.92. The number of amides is 1. The van der Waals surface area contributed by atoms with Crippen LogP contribution in [-0.4, -0.2) is 40.0 Å². The molecule has 0 saturated heterocycles. The van der Waals surface area contributed by atoms with E-state index in [4.69, 9.17) is 5.73 Å². The molecule has 0 aliphatic heterocycles. The normalized spacial score (nSPS) is 11.9. The number of imidazole rings is 1. The van der Waals surface area contributed by atoms with Crippen LogP contribution in [0.2, 0.25) is 0 Å². The van der Waals surface area contributed by atoms with Gasteiger partial charge in [0.05, 0.1) is 18.1 Å². The second-order valence-electron chi connectivity index (χ2n) is 6.02. The molecule has 5 nitrogen and oxygen atoms in total. The van der Waals surface area contributed by atoms with Crippen LogP contribution in [0.5, 0.6) is 0 Å². The Morgan fingerprint density at radius 3 is 2.88 bits per heavy atom. The number of hydrogen-bond acceptors (Lipinski definition) is 3. The average molecular weight is 326 g/mol. The summed E-state index contributed by atoms with van der Waals surface area (Å²) in [5.74, 6) is -0.0447. The van der Waals surface area contributed by atoms with Crippen molar-refractivity contribution in [1.29, 1.82) is 0 Å². The van der Waals surface area contributed by atoms with Gasteiger partial charge in [-0.05, 0) is 18.4 Å². The average Bonchev–Trinajstić information content (AvgIpc) is 3.02. The van der Waals surface area contributed by atoms with E-state index in [1.807, 2.05) is 35.0 Å². The lowest BCUT2D eigenvalue weighted by molar-refractivity contribution is -0.131. The van der Waals surface area contributed by atoms with Gasteiger partial charge in [0.2, 0.25) is 5.91 Å². The quantitative estimate of drug-likeness (QED) is 0.568. The van der Waals surface area contributed by atoms with Crippen LogP contribution in [0.4, 0.5) is 0 Å². The van der Waals surface area contributed by atoms with Gasteiger partial charge in [0, 0.05) is 32.8 Å². The first kappa shape index (κ1) is 17.9. The number of allylic oxidation sites excluding steroid dienone is 1. The van der Waals surface area contributed by atoms with E-state index < -0.39 is 6.04 Å². The fraction of sp³-hybridized carbons (Fsp3) is 0.368. The molecule has 1 amide bonds. The minimum Gasteiger partial charge on any atom is -0.344 e. The zero-order valence-electron chi connectivity index (χ0n) is 14.3. The number of hydrogen-bond donors (Lipinski definition) is 1. The van der Waals surface area contributed by atoms with Crippen molar-refractivity contribution < 1.29 is 4.79 Å². The number of nitrogens with two attached hydrogens (primary N) is 1. The second kappa shape index (κ2) is 9.03. The van der Waals surface area contributed by atoms with Crippen LogP contribution in [-0.2, 0) is 17.8 Å². The minimum atomic E-state index is -0.557. The number of likely N-dealkylation sites (N-methyl/N-ethyl adjacent to an activating group) is 1. The van der Waals surface area contributed by atoms with Crippen molar-refractivity contribution in [3.63, 3.8) is 0 Å². The Balaban J connectivity index is 1.86. The van der Waals surface area contributed by atoms with E-state index >= 15 is 0 Å². The topological polar surface area (TPSA) is 64.2 Å². The Bertz CT molecular complexity index is 650. The third-order valence-electron chi connectivity index (χ3n) is 3.92. The minimum absolute atomic E-state index is 0.0447. The van der Waals surface area contributed by atoms with Crippen molar-refractivity contribution in [2.45, 2.75) is 31.8 Å². The smallest absolute Gasteiger partial charge is 0.239 e. The zero-order valence-corrected chi connectivity index (χ0v) is 14.3. The predicted molar refractivity (Wildman–Crippen MR) is 96.5 cm³/mol. The summed E-state index contributed by atoms with van der Waals surface area (Å²) >= 11 is 0. The number of unbranched alkanes of at least 4 members (excludes halogenated alkanes) is 1. The molecule has 2 rings (SSSR count). The van der Waals surface area contributed by atoms with Crippen molar-refractivity contribution in [3.05, 3.63) is 66.8 Å². The van der Waals surface area contributed by atoms with Crippen molar-refractivity contribution in [2.75, 3.05) is 13.6 Å². The Hall–Kier alpha value is -2.40. The molecule has 1 atom stereocenters. The van der Waals surface area contributed by atoms with Gasteiger partial charge in [-0.25, -0.2) is 4.98 Å². The van der Waals surface area contributed by atoms with Crippen molar-refractivity contribution in [3.8, 4) is 0 Å². The van der Waals surface area contributed by atoms with Crippen LogP contribution >= 0.6 is 0 Å². The number of carbonyl (C=O) groups excluding carboxylic acids is 1. The fourth-order valence-electron chi connectivity index (χ4n) is 2.57. The zero-order chi connectivity index (χ0) is 17.4. The molecule has 0 fully saturated rings. The van der Waals surface area contributed by atoms with Crippen molar-refractivity contribution in [2.24, 2.45) is 5.73 Å². The summed E-state index contributed by atoms with van der Waals surface area (Å²) in [4.78, 5) is 18.3. The lowest BCUT2D eigenvalue weighted by Gasteiger charge is -2.20. The Labute approximate surface area is 143 Å². The van der Waals surface area contributed by atoms with E-state index in [0.29, 0.717) is 13.0 Å². The number of benzene rings is 1. The van der Waals surface area contributed by atoms with Crippen LogP contribution in [0, 0.1) is 0 Å². The Morgan fingerprint density at radius 2 is 2.17 bits per heavy atom. The molecule has 0 bridgehead atoms. The molecule has 1 aromatic heterocycles. The lowest BCUT2D eigenvalue weighted by Crippen LogP contribution is -2.43.